The van der Waals surface area contributed by atoms with Crippen LogP contribution in [-0.2, 0) is 29.5 Å². The summed E-state index contributed by atoms with van der Waals surface area (Å²) in [6.45, 7) is 6.83. The summed E-state index contributed by atoms with van der Waals surface area (Å²) in [4.78, 5) is 0. The molecule has 2 aliphatic heterocycles. The smallest absolute Gasteiger partial charge is 0.192 e. The molecule has 41 heavy (non-hydrogen) atoms. The van der Waals surface area contributed by atoms with Gasteiger partial charge < -0.3 is 33.9 Å². The molecular weight excluding hydrogens is 520 g/mol. The van der Waals surface area contributed by atoms with Crippen molar-refractivity contribution in [3.8, 4) is 0 Å². The Labute approximate surface area is 243 Å². The Morgan fingerprint density at radius 1 is 0.951 bits per heavy atom. The standard InChI is InChI=1S/C34H46O7/c1-30-21-26(23-5-7-24(8-6-23)31(2)38-17-18-39-31)29-25(27(30)10-14-33(30,37-3)12-4-16-35)9-13-32(36)22-34(15-11-28(29)32)40-19-20-41-34/h4-8,12,25-27,35-36H,9-11,13-22H2,1-3H3/b12-4-/t25-,26+,27-,30?,32+,33-/m0/s1. The second kappa shape index (κ2) is 9.98. The van der Waals surface area contributed by atoms with E-state index in [9.17, 15) is 10.2 Å². The first-order valence-corrected chi connectivity index (χ1v) is 15.7. The SMILES string of the molecule is CO[C@@]1(/C=C\CO)CC[C@H]2[C@@H]3CC[C@@]4(O)CC5(CCC4=C3[C@@H](c3ccc(C4(C)OCCO4)cc3)CC21C)OCCO5. The molecule has 4 aliphatic carbocycles. The summed E-state index contributed by atoms with van der Waals surface area (Å²) in [5, 5.41) is 22.0. The Bertz CT molecular complexity index is 1210. The topological polar surface area (TPSA) is 86.6 Å². The van der Waals surface area contributed by atoms with E-state index in [0.717, 1.165) is 50.5 Å². The highest BCUT2D eigenvalue weighted by molar-refractivity contribution is 5.45. The van der Waals surface area contributed by atoms with Crippen LogP contribution in [-0.4, -0.2) is 67.3 Å². The van der Waals surface area contributed by atoms with Crippen molar-refractivity contribution in [2.45, 2.75) is 93.9 Å². The third-order valence-electron chi connectivity index (χ3n) is 11.9. The van der Waals surface area contributed by atoms with Crippen molar-refractivity contribution in [1.29, 1.82) is 0 Å². The zero-order valence-electron chi connectivity index (χ0n) is 24.8. The van der Waals surface area contributed by atoms with Gasteiger partial charge in [-0.1, -0.05) is 48.9 Å². The molecule has 0 radical (unpaired) electrons. The fourth-order valence-electron chi connectivity index (χ4n) is 9.95. The summed E-state index contributed by atoms with van der Waals surface area (Å²) in [6, 6.07) is 8.81. The molecule has 224 valence electrons. The Kier molecular flexibility index (Phi) is 6.87. The van der Waals surface area contributed by atoms with Gasteiger partial charge in [0.25, 0.3) is 0 Å². The van der Waals surface area contributed by atoms with Gasteiger partial charge in [0, 0.05) is 36.8 Å². The monoisotopic (exact) mass is 566 g/mol. The van der Waals surface area contributed by atoms with Crippen LogP contribution in [0.4, 0.5) is 0 Å². The van der Waals surface area contributed by atoms with Crippen LogP contribution in [0.1, 0.15) is 82.3 Å². The molecule has 2 saturated heterocycles. The largest absolute Gasteiger partial charge is 0.392 e. The highest BCUT2D eigenvalue weighted by Gasteiger charge is 2.64. The van der Waals surface area contributed by atoms with Gasteiger partial charge in [-0.3, -0.25) is 0 Å². The molecule has 2 heterocycles. The zero-order valence-corrected chi connectivity index (χ0v) is 24.8. The van der Waals surface area contributed by atoms with Crippen molar-refractivity contribution in [1.82, 2.24) is 0 Å². The molecule has 0 amide bonds. The van der Waals surface area contributed by atoms with Crippen molar-refractivity contribution in [3.05, 3.63) is 58.7 Å². The number of ether oxygens (including phenoxy) is 5. The van der Waals surface area contributed by atoms with Gasteiger partial charge in [0.05, 0.1) is 44.2 Å². The summed E-state index contributed by atoms with van der Waals surface area (Å²) in [5.41, 5.74) is 3.56. The molecular formula is C34H46O7. The van der Waals surface area contributed by atoms with Gasteiger partial charge in [0.2, 0.25) is 0 Å². The van der Waals surface area contributed by atoms with Crippen molar-refractivity contribution >= 4 is 0 Å². The molecule has 7 nitrogen and oxygen atoms in total. The molecule has 2 N–H and O–H groups in total. The molecule has 1 spiro atoms. The van der Waals surface area contributed by atoms with Crippen molar-refractivity contribution in [3.63, 3.8) is 0 Å². The van der Waals surface area contributed by atoms with Crippen molar-refractivity contribution in [2.24, 2.45) is 17.3 Å². The molecule has 1 aromatic carbocycles. The van der Waals surface area contributed by atoms with E-state index < -0.39 is 22.8 Å². The Morgan fingerprint density at radius 3 is 2.34 bits per heavy atom. The predicted molar refractivity (Wildman–Crippen MR) is 153 cm³/mol. The molecule has 1 unspecified atom stereocenters. The van der Waals surface area contributed by atoms with Gasteiger partial charge >= 0.3 is 0 Å². The lowest BCUT2D eigenvalue weighted by atomic mass is 9.49. The van der Waals surface area contributed by atoms with Crippen molar-refractivity contribution in [2.75, 3.05) is 40.1 Å². The number of allylic oxidation sites excluding steroid dienone is 1. The summed E-state index contributed by atoms with van der Waals surface area (Å²) in [6.07, 6.45) is 10.7. The molecule has 3 saturated carbocycles. The van der Waals surface area contributed by atoms with Gasteiger partial charge in [-0.05, 0) is 68.4 Å². The van der Waals surface area contributed by atoms with Crippen LogP contribution >= 0.6 is 0 Å². The van der Waals surface area contributed by atoms with Gasteiger partial charge in [0.15, 0.2) is 11.6 Å². The first kappa shape index (κ1) is 28.2. The molecule has 0 aromatic heterocycles. The van der Waals surface area contributed by atoms with Crippen LogP contribution in [0.2, 0.25) is 0 Å². The number of aliphatic hydroxyl groups is 2. The number of hydrogen-bond acceptors (Lipinski definition) is 7. The van der Waals surface area contributed by atoms with Crippen LogP contribution < -0.4 is 0 Å². The van der Waals surface area contributed by atoms with Gasteiger partial charge in [0.1, 0.15) is 0 Å². The van der Waals surface area contributed by atoms with E-state index in [1.165, 1.54) is 16.7 Å². The third-order valence-corrected chi connectivity index (χ3v) is 11.9. The van der Waals surface area contributed by atoms with Crippen LogP contribution in [0.15, 0.2) is 47.6 Å². The lowest BCUT2D eigenvalue weighted by Gasteiger charge is -2.58. The Hall–Kier alpha value is -1.58. The van der Waals surface area contributed by atoms with E-state index in [0.29, 0.717) is 44.7 Å². The second-order valence-corrected chi connectivity index (χ2v) is 13.7. The van der Waals surface area contributed by atoms with E-state index in [1.807, 2.05) is 20.1 Å². The average Bonchev–Trinajstić information content (AvgIpc) is 3.69. The highest BCUT2D eigenvalue weighted by atomic mass is 16.7. The minimum atomic E-state index is -0.896. The summed E-state index contributed by atoms with van der Waals surface area (Å²) >= 11 is 0. The van der Waals surface area contributed by atoms with Crippen LogP contribution in [0, 0.1) is 17.3 Å². The van der Waals surface area contributed by atoms with E-state index in [1.54, 1.807) is 0 Å². The predicted octanol–water partition coefficient (Wildman–Crippen LogP) is 5.11. The molecule has 7 heteroatoms. The van der Waals surface area contributed by atoms with Gasteiger partial charge in [-0.2, -0.15) is 0 Å². The summed E-state index contributed by atoms with van der Waals surface area (Å²) in [5.74, 6) is -0.363. The van der Waals surface area contributed by atoms with Crippen LogP contribution in [0.25, 0.3) is 0 Å². The molecule has 1 aromatic rings. The number of methoxy groups -OCH3 is 1. The molecule has 0 bridgehead atoms. The maximum absolute atomic E-state index is 12.3. The maximum Gasteiger partial charge on any atom is 0.192 e. The normalized spacial score (nSPS) is 41.1. The number of rotatable bonds is 5. The van der Waals surface area contributed by atoms with E-state index >= 15 is 0 Å². The van der Waals surface area contributed by atoms with Gasteiger partial charge in [-0.15, -0.1) is 0 Å². The molecule has 6 aliphatic rings. The highest BCUT2D eigenvalue weighted by Crippen LogP contribution is 2.69. The van der Waals surface area contributed by atoms with Gasteiger partial charge in [-0.25, -0.2) is 0 Å². The first-order valence-electron chi connectivity index (χ1n) is 15.7. The fourth-order valence-corrected chi connectivity index (χ4v) is 9.95. The summed E-state index contributed by atoms with van der Waals surface area (Å²) < 4.78 is 30.5. The lowest BCUT2D eigenvalue weighted by Crippen LogP contribution is -2.55. The fraction of sp³-hybridized carbons (Fsp3) is 0.706. The first-order chi connectivity index (χ1) is 19.7. The molecule has 7 rings (SSSR count). The number of aliphatic hydroxyl groups excluding tert-OH is 1. The Balaban J connectivity index is 1.33. The lowest BCUT2D eigenvalue weighted by molar-refractivity contribution is -0.208. The number of fused-ring (bicyclic) bond motifs is 4. The maximum atomic E-state index is 12.3. The Morgan fingerprint density at radius 2 is 1.66 bits per heavy atom. The van der Waals surface area contributed by atoms with E-state index in [2.05, 4.69) is 37.3 Å². The minimum Gasteiger partial charge on any atom is -0.392 e. The van der Waals surface area contributed by atoms with Crippen molar-refractivity contribution < 1.29 is 33.9 Å². The van der Waals surface area contributed by atoms with E-state index in [4.69, 9.17) is 23.7 Å². The third kappa shape index (κ3) is 4.18. The van der Waals surface area contributed by atoms with Crippen LogP contribution in [0.3, 0.4) is 0 Å². The minimum absolute atomic E-state index is 0.0112. The zero-order chi connectivity index (χ0) is 28.5. The number of benzene rings is 1. The van der Waals surface area contributed by atoms with E-state index in [-0.39, 0.29) is 17.9 Å². The summed E-state index contributed by atoms with van der Waals surface area (Å²) in [7, 11) is 1.83. The van der Waals surface area contributed by atoms with Crippen LogP contribution in [0.5, 0.6) is 0 Å². The average molecular weight is 567 g/mol. The number of hydrogen-bond donors (Lipinski definition) is 2. The second-order valence-electron chi connectivity index (χ2n) is 13.7. The quantitative estimate of drug-likeness (QED) is 0.479. The molecule has 5 fully saturated rings. The molecule has 6 atom stereocenters.